The van der Waals surface area contributed by atoms with Gasteiger partial charge < -0.3 is 38.8 Å². The minimum atomic E-state index is -3.48. The first-order valence-corrected chi connectivity index (χ1v) is 14.2. The molecule has 0 radical (unpaired) electrons. The predicted octanol–water partition coefficient (Wildman–Crippen LogP) is 3.98. The van der Waals surface area contributed by atoms with E-state index in [1.165, 1.54) is 0 Å². The van der Waals surface area contributed by atoms with Gasteiger partial charge in [-0.3, -0.25) is 9.36 Å². The minimum Gasteiger partial charge on any atom is -0.491 e. The van der Waals surface area contributed by atoms with Crippen LogP contribution in [0.1, 0.15) is 45.2 Å². The normalized spacial score (nSPS) is 12.1. The number of nitrogens with one attached hydrogen (secondary N) is 1. The van der Waals surface area contributed by atoms with E-state index in [2.05, 4.69) is 5.32 Å². The van der Waals surface area contributed by atoms with Gasteiger partial charge in [0.05, 0.1) is 52.2 Å². The largest absolute Gasteiger partial charge is 0.491 e. The number of carbonyl (C=O) groups is 3. The second-order valence-corrected chi connectivity index (χ2v) is 9.93. The molecule has 0 saturated heterocycles. The summed E-state index contributed by atoms with van der Waals surface area (Å²) in [6, 6.07) is 7.02. The Morgan fingerprint density at radius 2 is 1.45 bits per heavy atom. The van der Waals surface area contributed by atoms with Gasteiger partial charge in [-0.15, -0.1) is 0 Å². The molecule has 3 N–H and O–H groups in total. The van der Waals surface area contributed by atoms with Crippen molar-refractivity contribution in [2.45, 2.75) is 39.7 Å². The summed E-state index contributed by atoms with van der Waals surface area (Å²) in [5.41, 5.74) is 0.882. The van der Waals surface area contributed by atoms with E-state index in [0.29, 0.717) is 12.2 Å². The van der Waals surface area contributed by atoms with E-state index >= 15 is 0 Å². The van der Waals surface area contributed by atoms with Gasteiger partial charge in [-0.25, -0.2) is 14.5 Å². The minimum absolute atomic E-state index is 0.0668. The third-order valence-corrected chi connectivity index (χ3v) is 6.95. The molecule has 3 amide bonds. The molecule has 0 aliphatic carbocycles. The zero-order valence-corrected chi connectivity index (χ0v) is 23.0. The van der Waals surface area contributed by atoms with E-state index in [4.69, 9.17) is 33.5 Å². The second-order valence-electron chi connectivity index (χ2n) is 7.87. The van der Waals surface area contributed by atoms with Crippen molar-refractivity contribution in [3.05, 3.63) is 29.8 Å². The lowest BCUT2D eigenvalue weighted by molar-refractivity contribution is -0.119. The van der Waals surface area contributed by atoms with Gasteiger partial charge in [0.2, 0.25) is 5.91 Å². The van der Waals surface area contributed by atoms with E-state index in [-0.39, 0.29) is 69.9 Å². The molecule has 1 aromatic rings. The van der Waals surface area contributed by atoms with Crippen LogP contribution in [0, 0.1) is 0 Å². The molecule has 0 saturated carbocycles. The summed E-state index contributed by atoms with van der Waals surface area (Å²) in [7, 11) is -3.48. The molecule has 13 nitrogen and oxygen atoms in total. The number of amides is 3. The first-order valence-electron chi connectivity index (χ1n) is 12.4. The van der Waals surface area contributed by atoms with Gasteiger partial charge in [-0.05, 0) is 38.0 Å². The van der Waals surface area contributed by atoms with Gasteiger partial charge in [0.25, 0.3) is 0 Å². The number of hydrogen-bond donors (Lipinski definition) is 3. The molecule has 216 valence electrons. The molecule has 0 bridgehead atoms. The Hall–Kier alpha value is -2.70. The van der Waals surface area contributed by atoms with Crippen molar-refractivity contribution >= 4 is 25.7 Å². The standard InChI is InChI=1S/C24H39N2O11P/c1-4-7-21(25-22(27)18-38(32,36-5-2)37-6-3)19-8-10-20(11-9-19)35-17-16-34-15-14-33-13-12-26(23(28)29)24(30)31/h8-11,21H,4-7,12-18H2,1-3H3,(H,25,27)(H,28,29)(H,30,31). The van der Waals surface area contributed by atoms with E-state index in [1.807, 2.05) is 19.1 Å². The SMILES string of the molecule is CCCC(NC(=O)CP(=O)(OCC)OCC)c1ccc(OCCOCCOCCN(C(=O)O)C(=O)O)cc1. The molecule has 0 aliphatic rings. The Labute approximate surface area is 222 Å². The van der Waals surface area contributed by atoms with E-state index < -0.39 is 25.7 Å². The van der Waals surface area contributed by atoms with Crippen LogP contribution in [0.4, 0.5) is 9.59 Å². The molecule has 0 aromatic heterocycles. The topological polar surface area (TPSA) is 170 Å². The summed E-state index contributed by atoms with van der Waals surface area (Å²) >= 11 is 0. The average molecular weight is 563 g/mol. The number of imide groups is 1. The Balaban J connectivity index is 2.40. The third kappa shape index (κ3) is 13.2. The van der Waals surface area contributed by atoms with Gasteiger partial charge in [-0.2, -0.15) is 0 Å². The monoisotopic (exact) mass is 562 g/mol. The lowest BCUT2D eigenvalue weighted by Gasteiger charge is -2.21. The molecule has 1 unspecified atom stereocenters. The first-order chi connectivity index (χ1) is 18.2. The summed E-state index contributed by atoms with van der Waals surface area (Å²) in [5, 5.41) is 20.4. The number of nitrogens with zero attached hydrogens (tertiary/aromatic N) is 1. The highest BCUT2D eigenvalue weighted by atomic mass is 31.2. The van der Waals surface area contributed by atoms with Crippen molar-refractivity contribution in [1.82, 2.24) is 10.2 Å². The maximum absolute atomic E-state index is 12.6. The summed E-state index contributed by atoms with van der Waals surface area (Å²) in [5.74, 6) is 0.214. The number of carbonyl (C=O) groups excluding carboxylic acids is 1. The van der Waals surface area contributed by atoms with Gasteiger partial charge in [0.1, 0.15) is 18.5 Å². The fraction of sp³-hybridized carbons (Fsp3) is 0.625. The highest BCUT2D eigenvalue weighted by Crippen LogP contribution is 2.47. The summed E-state index contributed by atoms with van der Waals surface area (Å²) < 4.78 is 39.3. The van der Waals surface area contributed by atoms with Crippen molar-refractivity contribution in [2.75, 3.05) is 59.0 Å². The van der Waals surface area contributed by atoms with E-state index in [9.17, 15) is 18.9 Å². The molecular formula is C24H39N2O11P. The average Bonchev–Trinajstić information content (AvgIpc) is 2.85. The Morgan fingerprint density at radius 1 is 0.895 bits per heavy atom. The zero-order chi connectivity index (χ0) is 28.4. The molecule has 38 heavy (non-hydrogen) atoms. The van der Waals surface area contributed by atoms with E-state index in [0.717, 1.165) is 12.0 Å². The predicted molar refractivity (Wildman–Crippen MR) is 138 cm³/mol. The van der Waals surface area contributed by atoms with Gasteiger partial charge in [0, 0.05) is 0 Å². The Bertz CT molecular complexity index is 874. The van der Waals surface area contributed by atoms with Crippen LogP contribution < -0.4 is 10.1 Å². The van der Waals surface area contributed by atoms with Crippen LogP contribution in [0.5, 0.6) is 5.75 Å². The molecular weight excluding hydrogens is 523 g/mol. The molecule has 0 aliphatic heterocycles. The second kappa shape index (κ2) is 18.5. The number of hydrogen-bond acceptors (Lipinski definition) is 9. The van der Waals surface area contributed by atoms with Crippen molar-refractivity contribution in [1.29, 1.82) is 0 Å². The van der Waals surface area contributed by atoms with E-state index in [1.54, 1.807) is 26.0 Å². The van der Waals surface area contributed by atoms with Crippen molar-refractivity contribution in [3.63, 3.8) is 0 Å². The van der Waals surface area contributed by atoms with Gasteiger partial charge in [0.15, 0.2) is 0 Å². The van der Waals surface area contributed by atoms with Crippen LogP contribution in [0.15, 0.2) is 24.3 Å². The fourth-order valence-corrected chi connectivity index (χ4v) is 4.80. The van der Waals surface area contributed by atoms with Crippen LogP contribution in [0.3, 0.4) is 0 Å². The fourth-order valence-electron chi connectivity index (χ4n) is 3.31. The third-order valence-electron chi connectivity index (χ3n) is 4.97. The number of benzene rings is 1. The van der Waals surface area contributed by atoms with Crippen LogP contribution >= 0.6 is 7.60 Å². The van der Waals surface area contributed by atoms with Gasteiger partial charge >= 0.3 is 19.8 Å². The maximum Gasteiger partial charge on any atom is 0.416 e. The summed E-state index contributed by atoms with van der Waals surface area (Å²) in [4.78, 5) is 34.2. The summed E-state index contributed by atoms with van der Waals surface area (Å²) in [6.45, 7) is 6.40. The quantitative estimate of drug-likeness (QED) is 0.155. The first kappa shape index (κ1) is 33.3. The van der Waals surface area contributed by atoms with Gasteiger partial charge in [-0.1, -0.05) is 25.5 Å². The lowest BCUT2D eigenvalue weighted by Crippen LogP contribution is -2.37. The van der Waals surface area contributed by atoms with Crippen LogP contribution in [0.2, 0.25) is 0 Å². The van der Waals surface area contributed by atoms with Crippen molar-refractivity contribution in [3.8, 4) is 5.75 Å². The van der Waals surface area contributed by atoms with Crippen molar-refractivity contribution in [2.24, 2.45) is 0 Å². The summed E-state index contributed by atoms with van der Waals surface area (Å²) in [6.07, 6.45) is -1.93. The molecule has 1 atom stereocenters. The van der Waals surface area contributed by atoms with Crippen molar-refractivity contribution < 1.29 is 52.4 Å². The molecule has 0 heterocycles. The van der Waals surface area contributed by atoms with Crippen LogP contribution in [0.25, 0.3) is 0 Å². The maximum atomic E-state index is 12.6. The molecule has 0 fully saturated rings. The lowest BCUT2D eigenvalue weighted by atomic mass is 10.0. The molecule has 1 aromatic carbocycles. The Morgan fingerprint density at radius 3 is 1.97 bits per heavy atom. The number of rotatable bonds is 20. The molecule has 1 rings (SSSR count). The van der Waals surface area contributed by atoms with Crippen LogP contribution in [-0.4, -0.2) is 92.2 Å². The smallest absolute Gasteiger partial charge is 0.416 e. The highest BCUT2D eigenvalue weighted by molar-refractivity contribution is 7.54. The Kier molecular flexibility index (Phi) is 16.3. The number of ether oxygens (including phenoxy) is 3. The zero-order valence-electron chi connectivity index (χ0n) is 22.1. The molecule has 0 spiro atoms. The highest BCUT2D eigenvalue weighted by Gasteiger charge is 2.28. The number of carboxylic acid groups (broad SMARTS) is 2. The van der Waals surface area contributed by atoms with Crippen LogP contribution in [-0.2, 0) is 27.9 Å². The molecule has 14 heteroatoms.